The normalized spacial score (nSPS) is 18.8. The maximum Gasteiger partial charge on any atom is 0.310 e. The smallest absolute Gasteiger partial charge is 0.310 e. The number of nitrogens with zero attached hydrogens (tertiary/aromatic N) is 4. The number of ether oxygens (including phenoxy) is 3. The van der Waals surface area contributed by atoms with Crippen molar-refractivity contribution in [1.82, 2.24) is 9.47 Å². The third kappa shape index (κ3) is 6.15. The predicted octanol–water partition coefficient (Wildman–Crippen LogP) is 4.74. The Morgan fingerprint density at radius 3 is 2.79 bits per heavy atom. The van der Waals surface area contributed by atoms with Crippen molar-refractivity contribution in [2.45, 2.75) is 59.5 Å². The van der Waals surface area contributed by atoms with Gasteiger partial charge in [-0.1, -0.05) is 43.4 Å². The van der Waals surface area contributed by atoms with Crippen molar-refractivity contribution in [3.8, 4) is 17.6 Å². The number of hydrogen-bond donors (Lipinski definition) is 0. The summed E-state index contributed by atoms with van der Waals surface area (Å²) in [6.45, 7) is 7.68. The van der Waals surface area contributed by atoms with E-state index < -0.39 is 0 Å². The highest BCUT2D eigenvalue weighted by Crippen LogP contribution is 2.39. The van der Waals surface area contributed by atoms with Gasteiger partial charge in [-0.3, -0.25) is 23.9 Å². The van der Waals surface area contributed by atoms with Crippen LogP contribution in [0.4, 0.5) is 5.82 Å². The molecule has 1 unspecified atom stereocenters. The highest BCUT2D eigenvalue weighted by Gasteiger charge is 2.35. The Hall–Kier alpha value is -3.82. The molecule has 0 bridgehead atoms. The summed E-state index contributed by atoms with van der Waals surface area (Å²) >= 11 is 6.81. The van der Waals surface area contributed by atoms with Crippen molar-refractivity contribution in [3.05, 3.63) is 55.7 Å². The highest BCUT2D eigenvalue weighted by atomic mass is 32.2. The number of hydrogen-bond acceptors (Lipinski definition) is 10. The number of piperidine rings is 1. The molecule has 3 aliphatic heterocycles. The zero-order chi connectivity index (χ0) is 30.7. The number of carbonyl (C=O) groups excluding carboxylic acids is 2. The number of fused-ring (bicyclic) bond motifs is 1. The van der Waals surface area contributed by atoms with Crippen molar-refractivity contribution in [2.75, 3.05) is 31.4 Å². The molecule has 0 spiro atoms. The van der Waals surface area contributed by atoms with E-state index in [0.29, 0.717) is 70.3 Å². The van der Waals surface area contributed by atoms with Crippen molar-refractivity contribution in [1.29, 1.82) is 5.26 Å². The molecule has 1 aromatic heterocycles. The number of esters is 1. The van der Waals surface area contributed by atoms with E-state index in [1.54, 1.807) is 24.5 Å². The van der Waals surface area contributed by atoms with E-state index in [1.807, 2.05) is 30.0 Å². The Bertz CT molecular complexity index is 1590. The van der Waals surface area contributed by atoms with Crippen LogP contribution in [0.15, 0.2) is 27.9 Å². The Morgan fingerprint density at radius 2 is 2.05 bits per heavy atom. The van der Waals surface area contributed by atoms with E-state index in [-0.39, 0.29) is 42.3 Å². The first kappa shape index (κ1) is 30.6. The van der Waals surface area contributed by atoms with Crippen LogP contribution in [0.2, 0.25) is 0 Å². The fourth-order valence-corrected chi connectivity index (χ4v) is 6.86. The molecule has 1 atom stereocenters. The first-order valence-electron chi connectivity index (χ1n) is 14.5. The fraction of sp³-hybridized carbons (Fsp3) is 0.452. The van der Waals surface area contributed by atoms with Crippen molar-refractivity contribution in [3.63, 3.8) is 0 Å². The molecule has 0 N–H and O–H groups in total. The van der Waals surface area contributed by atoms with Crippen molar-refractivity contribution >= 4 is 52.1 Å². The molecule has 0 radical (unpaired) electrons. The molecule has 12 heteroatoms. The average Bonchev–Trinajstić information content (AvgIpc) is 3.57. The van der Waals surface area contributed by atoms with Gasteiger partial charge in [-0.15, -0.1) is 0 Å². The maximum atomic E-state index is 13.7. The molecule has 2 fully saturated rings. The Kier molecular flexibility index (Phi) is 9.42. The van der Waals surface area contributed by atoms with E-state index in [1.165, 1.54) is 16.7 Å². The van der Waals surface area contributed by atoms with E-state index in [2.05, 4.69) is 6.07 Å². The molecule has 0 saturated carbocycles. The standard InChI is InChI=1S/C31H34N4O6S2/c1-4-6-12-34-27(33-11-7-8-21(17-33)30(38)39-5-2)22(19(3)23(15-32)28(34)36)14-26-29(37)35(31(42)43-26)16-20-9-10-24-25(13-20)41-18-40-24/h9-10,13-14,21H,4-8,11-12,16-18H2,1-3H3/b26-14+. The van der Waals surface area contributed by atoms with Gasteiger partial charge in [-0.25, -0.2) is 0 Å². The monoisotopic (exact) mass is 622 g/mol. The molecule has 10 nitrogen and oxygen atoms in total. The maximum absolute atomic E-state index is 13.7. The molecule has 5 rings (SSSR count). The van der Waals surface area contributed by atoms with Gasteiger partial charge in [-0.2, -0.15) is 5.26 Å². The number of amides is 1. The van der Waals surface area contributed by atoms with Gasteiger partial charge in [0.1, 0.15) is 21.8 Å². The van der Waals surface area contributed by atoms with Gasteiger partial charge in [0, 0.05) is 25.2 Å². The Balaban J connectivity index is 1.56. The first-order valence-corrected chi connectivity index (χ1v) is 15.7. The SMILES string of the molecule is CCCCn1c(N2CCCC(C(=O)OCC)C2)c(/C=C2/SC(=S)N(Cc3ccc4c(c3)OCO4)C2=O)c(C)c(C#N)c1=O. The van der Waals surface area contributed by atoms with Gasteiger partial charge >= 0.3 is 5.97 Å². The summed E-state index contributed by atoms with van der Waals surface area (Å²) in [6, 6.07) is 7.62. The number of rotatable bonds is 9. The van der Waals surface area contributed by atoms with Crippen LogP contribution in [0.3, 0.4) is 0 Å². The number of benzene rings is 1. The van der Waals surface area contributed by atoms with Crippen LogP contribution in [0, 0.1) is 24.2 Å². The molecule has 0 aliphatic carbocycles. The molecule has 43 heavy (non-hydrogen) atoms. The number of pyridine rings is 1. The second kappa shape index (κ2) is 13.2. The summed E-state index contributed by atoms with van der Waals surface area (Å²) in [4.78, 5) is 44.0. The van der Waals surface area contributed by atoms with Crippen LogP contribution >= 0.6 is 24.0 Å². The lowest BCUT2D eigenvalue weighted by Gasteiger charge is -2.36. The fourth-order valence-electron chi connectivity index (χ4n) is 5.62. The number of thiocarbonyl (C=S) groups is 1. The first-order chi connectivity index (χ1) is 20.8. The zero-order valence-electron chi connectivity index (χ0n) is 24.5. The minimum atomic E-state index is -0.366. The molecule has 3 aliphatic rings. The molecular formula is C31H34N4O6S2. The minimum absolute atomic E-state index is 0.0425. The molecule has 4 heterocycles. The topological polar surface area (TPSA) is 114 Å². The third-order valence-electron chi connectivity index (χ3n) is 7.85. The summed E-state index contributed by atoms with van der Waals surface area (Å²) in [5.74, 6) is 1.04. The number of aromatic nitrogens is 1. The highest BCUT2D eigenvalue weighted by molar-refractivity contribution is 8.26. The Morgan fingerprint density at radius 1 is 1.26 bits per heavy atom. The van der Waals surface area contributed by atoms with E-state index in [0.717, 1.165) is 24.8 Å². The second-order valence-corrected chi connectivity index (χ2v) is 12.3. The summed E-state index contributed by atoms with van der Waals surface area (Å²) in [6.07, 6.45) is 4.76. The van der Waals surface area contributed by atoms with Crippen LogP contribution in [0.5, 0.6) is 11.5 Å². The summed E-state index contributed by atoms with van der Waals surface area (Å²) < 4.78 is 18.3. The molecular weight excluding hydrogens is 588 g/mol. The van der Waals surface area contributed by atoms with E-state index in [4.69, 9.17) is 26.4 Å². The summed E-state index contributed by atoms with van der Waals surface area (Å²) in [5.41, 5.74) is 1.63. The summed E-state index contributed by atoms with van der Waals surface area (Å²) in [5, 5.41) is 10.00. The quantitative estimate of drug-likeness (QED) is 0.221. The predicted molar refractivity (Wildman–Crippen MR) is 168 cm³/mol. The van der Waals surface area contributed by atoms with E-state index >= 15 is 0 Å². The second-order valence-electron chi connectivity index (χ2n) is 10.7. The lowest BCUT2D eigenvalue weighted by atomic mass is 9.96. The molecule has 1 amide bonds. The average molecular weight is 623 g/mol. The number of unbranched alkanes of at least 4 members (excludes halogenated alkanes) is 1. The number of carbonyl (C=O) groups is 2. The van der Waals surface area contributed by atoms with Gasteiger partial charge in [0.05, 0.1) is 24.0 Å². The Labute approximate surface area is 260 Å². The number of nitriles is 1. The van der Waals surface area contributed by atoms with Gasteiger partial charge in [0.25, 0.3) is 11.5 Å². The molecule has 226 valence electrons. The zero-order valence-corrected chi connectivity index (χ0v) is 26.1. The van der Waals surface area contributed by atoms with Crippen molar-refractivity contribution < 1.29 is 23.8 Å². The van der Waals surface area contributed by atoms with Gasteiger partial charge in [0.15, 0.2) is 11.5 Å². The number of anilines is 1. The summed E-state index contributed by atoms with van der Waals surface area (Å²) in [7, 11) is 0. The van der Waals surface area contributed by atoms with Crippen LogP contribution in [0.1, 0.15) is 61.8 Å². The van der Waals surface area contributed by atoms with Gasteiger partial charge in [0.2, 0.25) is 6.79 Å². The van der Waals surface area contributed by atoms with Crippen LogP contribution < -0.4 is 19.9 Å². The van der Waals surface area contributed by atoms with E-state index in [9.17, 15) is 19.6 Å². The minimum Gasteiger partial charge on any atom is -0.466 e. The largest absolute Gasteiger partial charge is 0.466 e. The van der Waals surface area contributed by atoms with Gasteiger partial charge < -0.3 is 19.1 Å². The van der Waals surface area contributed by atoms with Gasteiger partial charge in [-0.05, 0) is 62.4 Å². The molecule has 1 aromatic carbocycles. The van der Waals surface area contributed by atoms with Crippen LogP contribution in [0.25, 0.3) is 6.08 Å². The van der Waals surface area contributed by atoms with Crippen LogP contribution in [-0.4, -0.2) is 52.2 Å². The number of thioether (sulfide) groups is 1. The molecule has 2 saturated heterocycles. The van der Waals surface area contributed by atoms with Crippen LogP contribution in [-0.2, 0) is 27.4 Å². The van der Waals surface area contributed by atoms with Crippen molar-refractivity contribution in [2.24, 2.45) is 5.92 Å². The molecule has 2 aromatic rings. The lowest BCUT2D eigenvalue weighted by Crippen LogP contribution is -2.43. The lowest BCUT2D eigenvalue weighted by molar-refractivity contribution is -0.148. The third-order valence-corrected chi connectivity index (χ3v) is 9.23.